The first-order valence-electron chi connectivity index (χ1n) is 6.09. The van der Waals surface area contributed by atoms with E-state index in [9.17, 15) is 4.79 Å². The molecule has 1 aromatic heterocycles. The Labute approximate surface area is 106 Å². The van der Waals surface area contributed by atoms with Gasteiger partial charge in [-0.05, 0) is 42.7 Å². The topological polar surface area (TPSA) is 29.5 Å². The van der Waals surface area contributed by atoms with Crippen molar-refractivity contribution in [2.24, 2.45) is 0 Å². The molecule has 0 N–H and O–H groups in total. The molecule has 1 aliphatic heterocycles. The van der Waals surface area contributed by atoms with E-state index in [1.165, 1.54) is 5.56 Å². The zero-order valence-corrected chi connectivity index (χ0v) is 11.2. The third kappa shape index (κ3) is 3.54. The first-order valence-corrected chi connectivity index (χ1v) is 7.03. The summed E-state index contributed by atoms with van der Waals surface area (Å²) in [6, 6.07) is 2.09. The Balaban J connectivity index is 1.83. The first-order chi connectivity index (χ1) is 8.15. The van der Waals surface area contributed by atoms with Crippen LogP contribution in [0.15, 0.2) is 16.8 Å². The molecule has 1 amide bonds. The van der Waals surface area contributed by atoms with Gasteiger partial charge in [-0.15, -0.1) is 0 Å². The Morgan fingerprint density at radius 3 is 2.76 bits per heavy atom. The Bertz CT molecular complexity index is 354. The maximum absolute atomic E-state index is 12.1. The van der Waals surface area contributed by atoms with E-state index < -0.39 is 0 Å². The minimum Gasteiger partial charge on any atom is -0.372 e. The van der Waals surface area contributed by atoms with Crippen LogP contribution < -0.4 is 0 Å². The minimum absolute atomic E-state index is 0.156. The lowest BCUT2D eigenvalue weighted by molar-refractivity contribution is -0.143. The monoisotopic (exact) mass is 253 g/mol. The number of morpholine rings is 1. The molecule has 1 saturated heterocycles. The molecule has 2 unspecified atom stereocenters. The van der Waals surface area contributed by atoms with E-state index in [1.54, 1.807) is 11.3 Å². The largest absolute Gasteiger partial charge is 0.372 e. The van der Waals surface area contributed by atoms with Crippen molar-refractivity contribution in [3.63, 3.8) is 0 Å². The van der Waals surface area contributed by atoms with Gasteiger partial charge in [-0.25, -0.2) is 0 Å². The molecule has 17 heavy (non-hydrogen) atoms. The summed E-state index contributed by atoms with van der Waals surface area (Å²) in [5.74, 6) is 0.248. The predicted octanol–water partition coefficient (Wildman–Crippen LogP) is 2.32. The van der Waals surface area contributed by atoms with Crippen LogP contribution >= 0.6 is 11.3 Å². The van der Waals surface area contributed by atoms with Gasteiger partial charge in [-0.3, -0.25) is 4.79 Å². The molecule has 4 heteroatoms. The van der Waals surface area contributed by atoms with Gasteiger partial charge >= 0.3 is 0 Å². The van der Waals surface area contributed by atoms with Gasteiger partial charge in [0, 0.05) is 19.5 Å². The highest BCUT2D eigenvalue weighted by Crippen LogP contribution is 2.14. The molecule has 2 rings (SSSR count). The van der Waals surface area contributed by atoms with Crippen molar-refractivity contribution in [2.45, 2.75) is 38.9 Å². The van der Waals surface area contributed by atoms with Crippen molar-refractivity contribution in [1.82, 2.24) is 4.90 Å². The number of ether oxygens (including phenoxy) is 1. The van der Waals surface area contributed by atoms with Gasteiger partial charge in [0.15, 0.2) is 0 Å². The molecule has 3 nitrogen and oxygen atoms in total. The molecule has 2 heterocycles. The highest BCUT2D eigenvalue weighted by molar-refractivity contribution is 7.07. The van der Waals surface area contributed by atoms with Crippen LogP contribution in [0.25, 0.3) is 0 Å². The lowest BCUT2D eigenvalue weighted by Gasteiger charge is -2.35. The standard InChI is InChI=1S/C13H19NO2S/c1-10-7-14(8-11(2)16-10)13(15)4-3-12-5-6-17-9-12/h5-6,9-11H,3-4,7-8H2,1-2H3. The fourth-order valence-corrected chi connectivity index (χ4v) is 2.93. The molecule has 0 radical (unpaired) electrons. The Kier molecular flexibility index (Phi) is 4.18. The molecular formula is C13H19NO2S. The van der Waals surface area contributed by atoms with E-state index >= 15 is 0 Å². The van der Waals surface area contributed by atoms with Gasteiger partial charge in [-0.2, -0.15) is 11.3 Å². The highest BCUT2D eigenvalue weighted by Gasteiger charge is 2.25. The maximum Gasteiger partial charge on any atom is 0.223 e. The second-order valence-corrected chi connectivity index (χ2v) is 5.47. The lowest BCUT2D eigenvalue weighted by Crippen LogP contribution is -2.48. The first kappa shape index (κ1) is 12.6. The average molecular weight is 253 g/mol. The molecule has 94 valence electrons. The van der Waals surface area contributed by atoms with Crippen LogP contribution in [-0.4, -0.2) is 36.1 Å². The van der Waals surface area contributed by atoms with Gasteiger partial charge in [0.25, 0.3) is 0 Å². The van der Waals surface area contributed by atoms with Crippen molar-refractivity contribution in [2.75, 3.05) is 13.1 Å². The summed E-state index contributed by atoms with van der Waals surface area (Å²) in [6.45, 7) is 5.50. The second kappa shape index (κ2) is 5.65. The van der Waals surface area contributed by atoms with Gasteiger partial charge in [0.05, 0.1) is 12.2 Å². The van der Waals surface area contributed by atoms with Crippen molar-refractivity contribution in [1.29, 1.82) is 0 Å². The molecule has 2 atom stereocenters. The lowest BCUT2D eigenvalue weighted by atomic mass is 10.1. The molecule has 0 bridgehead atoms. The molecule has 0 aromatic carbocycles. The van der Waals surface area contributed by atoms with E-state index in [0.29, 0.717) is 6.42 Å². The highest BCUT2D eigenvalue weighted by atomic mass is 32.1. The minimum atomic E-state index is 0.156. The van der Waals surface area contributed by atoms with Crippen LogP contribution in [-0.2, 0) is 16.0 Å². The van der Waals surface area contributed by atoms with E-state index in [1.807, 2.05) is 18.7 Å². The summed E-state index contributed by atoms with van der Waals surface area (Å²) < 4.78 is 5.62. The Hall–Kier alpha value is -0.870. The Morgan fingerprint density at radius 2 is 2.18 bits per heavy atom. The maximum atomic E-state index is 12.1. The number of thiophene rings is 1. The van der Waals surface area contributed by atoms with E-state index in [2.05, 4.69) is 16.8 Å². The smallest absolute Gasteiger partial charge is 0.223 e. The van der Waals surface area contributed by atoms with Crippen LogP contribution in [0.1, 0.15) is 25.8 Å². The third-order valence-electron chi connectivity index (χ3n) is 2.98. The van der Waals surface area contributed by atoms with Gasteiger partial charge < -0.3 is 9.64 Å². The number of carbonyl (C=O) groups excluding carboxylic acids is 1. The van der Waals surface area contributed by atoms with Crippen molar-refractivity contribution >= 4 is 17.2 Å². The van der Waals surface area contributed by atoms with Crippen LogP contribution in [0.4, 0.5) is 0 Å². The van der Waals surface area contributed by atoms with Crippen LogP contribution in [0.2, 0.25) is 0 Å². The van der Waals surface area contributed by atoms with E-state index in [4.69, 9.17) is 4.74 Å². The molecule has 0 aliphatic carbocycles. The fourth-order valence-electron chi connectivity index (χ4n) is 2.23. The molecule has 1 aliphatic rings. The van der Waals surface area contributed by atoms with E-state index in [-0.39, 0.29) is 18.1 Å². The number of amides is 1. The van der Waals surface area contributed by atoms with Gasteiger partial charge in [-0.1, -0.05) is 0 Å². The van der Waals surface area contributed by atoms with Crippen LogP contribution in [0.5, 0.6) is 0 Å². The molecular weight excluding hydrogens is 234 g/mol. The number of aryl methyl sites for hydroxylation is 1. The molecule has 0 spiro atoms. The Morgan fingerprint density at radius 1 is 1.47 bits per heavy atom. The predicted molar refractivity (Wildman–Crippen MR) is 69.2 cm³/mol. The summed E-state index contributed by atoms with van der Waals surface area (Å²) in [7, 11) is 0. The summed E-state index contributed by atoms with van der Waals surface area (Å²) in [6.07, 6.45) is 1.77. The summed E-state index contributed by atoms with van der Waals surface area (Å²) in [5, 5.41) is 4.16. The molecule has 1 aromatic rings. The number of carbonyl (C=O) groups is 1. The van der Waals surface area contributed by atoms with Crippen molar-refractivity contribution in [3.05, 3.63) is 22.4 Å². The van der Waals surface area contributed by atoms with Crippen molar-refractivity contribution < 1.29 is 9.53 Å². The number of nitrogens with zero attached hydrogens (tertiary/aromatic N) is 1. The third-order valence-corrected chi connectivity index (χ3v) is 3.71. The van der Waals surface area contributed by atoms with Crippen molar-refractivity contribution in [3.8, 4) is 0 Å². The normalized spacial score (nSPS) is 24.9. The summed E-state index contributed by atoms with van der Waals surface area (Å²) in [4.78, 5) is 14.0. The second-order valence-electron chi connectivity index (χ2n) is 4.69. The summed E-state index contributed by atoms with van der Waals surface area (Å²) >= 11 is 1.68. The fraction of sp³-hybridized carbons (Fsp3) is 0.615. The van der Waals surface area contributed by atoms with Crippen LogP contribution in [0, 0.1) is 0 Å². The number of hydrogen-bond donors (Lipinski definition) is 0. The number of hydrogen-bond acceptors (Lipinski definition) is 3. The SMILES string of the molecule is CC1CN(C(=O)CCc2ccsc2)CC(C)O1. The van der Waals surface area contributed by atoms with Gasteiger partial charge in [0.1, 0.15) is 0 Å². The van der Waals surface area contributed by atoms with E-state index in [0.717, 1.165) is 19.5 Å². The average Bonchev–Trinajstić information content (AvgIpc) is 2.77. The quantitative estimate of drug-likeness (QED) is 0.827. The number of rotatable bonds is 3. The molecule has 0 saturated carbocycles. The zero-order valence-electron chi connectivity index (χ0n) is 10.4. The van der Waals surface area contributed by atoms with Gasteiger partial charge in [0.2, 0.25) is 5.91 Å². The zero-order chi connectivity index (χ0) is 12.3. The van der Waals surface area contributed by atoms with Crippen LogP contribution in [0.3, 0.4) is 0 Å². The molecule has 1 fully saturated rings. The summed E-state index contributed by atoms with van der Waals surface area (Å²) in [5.41, 5.74) is 1.26.